The molecule has 0 fully saturated rings. The van der Waals surface area contributed by atoms with Gasteiger partial charge in [-0.2, -0.15) is 10.2 Å². The second-order valence-electron chi connectivity index (χ2n) is 2.70. The Hall–Kier alpha value is 0.750. The molecule has 0 aliphatic carbocycles. The van der Waals surface area contributed by atoms with Crippen LogP contribution in [0.15, 0.2) is 16.9 Å². The Balaban J connectivity index is 3.02. The van der Waals surface area contributed by atoms with Gasteiger partial charge >= 0.3 is 3.92 Å². The van der Waals surface area contributed by atoms with Crippen molar-refractivity contribution < 1.29 is 0 Å². The highest BCUT2D eigenvalue weighted by Gasteiger charge is 2.35. The Morgan fingerprint density at radius 2 is 1.73 bits per heavy atom. The van der Waals surface area contributed by atoms with Gasteiger partial charge in [0.2, 0.25) is 3.79 Å². The zero-order valence-corrected chi connectivity index (χ0v) is 11.8. The van der Waals surface area contributed by atoms with Crippen LogP contribution in [-0.4, -0.2) is 18.5 Å². The lowest BCUT2D eigenvalue weighted by molar-refractivity contribution is 0.217. The van der Waals surface area contributed by atoms with Gasteiger partial charge in [-0.1, -0.05) is 69.6 Å². The maximum Gasteiger partial charge on any atom is 0.301 e. The van der Waals surface area contributed by atoms with Gasteiger partial charge in [0, 0.05) is 5.70 Å². The molecule has 0 spiro atoms. The van der Waals surface area contributed by atoms with Gasteiger partial charge < -0.3 is 0 Å². The van der Waals surface area contributed by atoms with Gasteiger partial charge in [-0.25, -0.2) is 0 Å². The van der Waals surface area contributed by atoms with Gasteiger partial charge in [0.1, 0.15) is 5.71 Å². The summed E-state index contributed by atoms with van der Waals surface area (Å²) >= 11 is 33.9. The zero-order chi connectivity index (χ0) is 11.9. The van der Waals surface area contributed by atoms with Crippen molar-refractivity contribution in [1.29, 1.82) is 0 Å². The Labute approximate surface area is 117 Å². The first-order valence-electron chi connectivity index (χ1n) is 3.58. The monoisotopic (exact) mass is 329 g/mol. The molecule has 9 heteroatoms. The van der Waals surface area contributed by atoms with E-state index in [4.69, 9.17) is 69.6 Å². The second-order valence-corrected chi connectivity index (χ2v) is 7.20. The Bertz CT molecular complexity index is 312. The van der Waals surface area contributed by atoms with Crippen LogP contribution in [0.4, 0.5) is 0 Å². The van der Waals surface area contributed by atoms with E-state index in [9.17, 15) is 0 Å². The summed E-state index contributed by atoms with van der Waals surface area (Å²) in [4.78, 5) is 0. The maximum atomic E-state index is 5.66. The van der Waals surface area contributed by atoms with E-state index in [1.165, 1.54) is 0 Å². The lowest BCUT2D eigenvalue weighted by Gasteiger charge is -2.32. The average Bonchev–Trinajstić information content (AvgIpc) is 1.99. The number of hydrazine groups is 1. The summed E-state index contributed by atoms with van der Waals surface area (Å²) in [6.45, 7) is 1.72. The number of nitrogens with one attached hydrogen (secondary N) is 1. The second kappa shape index (κ2) is 4.55. The SMILES string of the molecule is CC1=CC(C(Cl)(Cl)Cl)=NN(C(Cl)(Cl)Cl)N1. The molecule has 1 heterocycles. The molecule has 3 nitrogen and oxygen atoms in total. The number of allylic oxidation sites excluding steroid dienone is 2. The third-order valence-electron chi connectivity index (χ3n) is 1.37. The minimum atomic E-state index is -1.77. The highest BCUT2D eigenvalue weighted by molar-refractivity contribution is 6.77. The van der Waals surface area contributed by atoms with Crippen molar-refractivity contribution in [2.75, 3.05) is 0 Å². The summed E-state index contributed by atoms with van der Waals surface area (Å²) in [5, 5.41) is 4.82. The third kappa shape index (κ3) is 3.91. The summed E-state index contributed by atoms with van der Waals surface area (Å²) < 4.78 is -3.44. The molecule has 0 atom stereocenters. The molecule has 0 aromatic carbocycles. The van der Waals surface area contributed by atoms with Crippen molar-refractivity contribution in [3.8, 4) is 0 Å². The molecule has 0 radical (unpaired) electrons. The standard InChI is InChI=1S/C6H5Cl6N3/c1-3-2-4(5(7,8)9)14-15(13-3)6(10,11)12/h2,13H,1H3. The zero-order valence-electron chi connectivity index (χ0n) is 7.24. The predicted octanol–water partition coefficient (Wildman–Crippen LogP) is 3.76. The Kier molecular flexibility index (Phi) is 4.19. The summed E-state index contributed by atoms with van der Waals surface area (Å²) in [6.07, 6.45) is 1.54. The van der Waals surface area contributed by atoms with E-state index in [1.54, 1.807) is 13.0 Å². The van der Waals surface area contributed by atoms with Crippen molar-refractivity contribution in [3.63, 3.8) is 0 Å². The van der Waals surface area contributed by atoms with Gasteiger partial charge in [0.25, 0.3) is 0 Å². The summed E-state index contributed by atoms with van der Waals surface area (Å²) in [7, 11) is 0. The fourth-order valence-corrected chi connectivity index (χ4v) is 1.34. The molecule has 0 saturated heterocycles. The van der Waals surface area contributed by atoms with Crippen LogP contribution in [0.2, 0.25) is 0 Å². The number of halogens is 6. The van der Waals surface area contributed by atoms with Crippen molar-refractivity contribution in [2.24, 2.45) is 5.10 Å². The highest BCUT2D eigenvalue weighted by atomic mass is 35.6. The van der Waals surface area contributed by atoms with Crippen molar-refractivity contribution in [3.05, 3.63) is 11.8 Å². The van der Waals surface area contributed by atoms with Crippen LogP contribution in [0.3, 0.4) is 0 Å². The first kappa shape index (κ1) is 13.8. The van der Waals surface area contributed by atoms with Gasteiger partial charge in [-0.15, -0.1) is 0 Å². The predicted molar refractivity (Wildman–Crippen MR) is 66.7 cm³/mol. The van der Waals surface area contributed by atoms with Gasteiger partial charge in [0.15, 0.2) is 0 Å². The summed E-state index contributed by atoms with van der Waals surface area (Å²) in [5.41, 5.74) is 3.49. The number of hydrogen-bond acceptors (Lipinski definition) is 3. The Morgan fingerprint density at radius 3 is 2.13 bits per heavy atom. The number of alkyl halides is 6. The lowest BCUT2D eigenvalue weighted by atomic mass is 10.3. The molecule has 1 rings (SSSR count). The number of hydrogen-bond donors (Lipinski definition) is 1. The molecule has 0 saturated carbocycles. The van der Waals surface area contributed by atoms with Crippen LogP contribution in [-0.2, 0) is 0 Å². The van der Waals surface area contributed by atoms with Crippen LogP contribution in [0.5, 0.6) is 0 Å². The van der Waals surface area contributed by atoms with E-state index in [0.717, 1.165) is 5.12 Å². The normalized spacial score (nSPS) is 18.2. The van der Waals surface area contributed by atoms with Crippen LogP contribution >= 0.6 is 69.6 Å². The third-order valence-corrected chi connectivity index (χ3v) is 2.44. The summed E-state index contributed by atoms with van der Waals surface area (Å²) in [5.74, 6) is 0. The maximum absolute atomic E-state index is 5.66. The van der Waals surface area contributed by atoms with E-state index in [-0.39, 0.29) is 5.71 Å². The van der Waals surface area contributed by atoms with Gasteiger partial charge in [-0.05, 0) is 13.0 Å². The van der Waals surface area contributed by atoms with Crippen LogP contribution in [0, 0.1) is 0 Å². The highest BCUT2D eigenvalue weighted by Crippen LogP contribution is 2.35. The molecule has 0 aromatic heterocycles. The fourth-order valence-electron chi connectivity index (χ4n) is 0.825. The molecule has 0 unspecified atom stereocenters. The molecule has 0 amide bonds. The number of rotatable bonds is 0. The smallest absolute Gasteiger partial charge is 0.283 e. The van der Waals surface area contributed by atoms with E-state index >= 15 is 0 Å². The summed E-state index contributed by atoms with van der Waals surface area (Å²) in [6, 6.07) is 0. The average molecular weight is 332 g/mol. The van der Waals surface area contributed by atoms with Crippen LogP contribution in [0.1, 0.15) is 6.92 Å². The number of hydrazone groups is 1. The van der Waals surface area contributed by atoms with Gasteiger partial charge in [0.05, 0.1) is 0 Å². The first-order chi connectivity index (χ1) is 6.60. The fraction of sp³-hybridized carbons (Fsp3) is 0.500. The molecule has 0 aromatic rings. The number of nitrogens with zero attached hydrogens (tertiary/aromatic N) is 2. The minimum Gasteiger partial charge on any atom is -0.283 e. The molecule has 1 N–H and O–H groups in total. The van der Waals surface area contributed by atoms with Crippen LogP contribution < -0.4 is 5.43 Å². The molecule has 0 bridgehead atoms. The lowest BCUT2D eigenvalue weighted by Crippen LogP contribution is -2.45. The molecule has 15 heavy (non-hydrogen) atoms. The quantitative estimate of drug-likeness (QED) is 0.540. The van der Waals surface area contributed by atoms with Gasteiger partial charge in [-0.3, -0.25) is 5.43 Å². The molecule has 1 aliphatic rings. The molecule has 1 aliphatic heterocycles. The molecule has 86 valence electrons. The molecular formula is C6H5Cl6N3. The van der Waals surface area contributed by atoms with Crippen molar-refractivity contribution in [2.45, 2.75) is 14.6 Å². The van der Waals surface area contributed by atoms with E-state index in [0.29, 0.717) is 5.70 Å². The van der Waals surface area contributed by atoms with E-state index < -0.39 is 7.71 Å². The van der Waals surface area contributed by atoms with Crippen molar-refractivity contribution in [1.82, 2.24) is 10.5 Å². The van der Waals surface area contributed by atoms with Crippen LogP contribution in [0.25, 0.3) is 0 Å². The molecular weight excluding hydrogens is 327 g/mol. The largest absolute Gasteiger partial charge is 0.301 e. The minimum absolute atomic E-state index is 0.162. The van der Waals surface area contributed by atoms with E-state index in [2.05, 4.69) is 10.5 Å². The first-order valence-corrected chi connectivity index (χ1v) is 5.85. The Morgan fingerprint density at radius 1 is 1.20 bits per heavy atom. The van der Waals surface area contributed by atoms with Crippen molar-refractivity contribution >= 4 is 75.3 Å². The topological polar surface area (TPSA) is 27.6 Å². The van der Waals surface area contributed by atoms with E-state index in [1.807, 2.05) is 0 Å².